The molecule has 0 saturated carbocycles. The van der Waals surface area contributed by atoms with E-state index in [2.05, 4.69) is 11.8 Å². The highest BCUT2D eigenvalue weighted by atomic mass is 16.5. The number of aliphatic hydroxyl groups is 2. The lowest BCUT2D eigenvalue weighted by Crippen LogP contribution is -2.63. The minimum absolute atomic E-state index is 0.364. The predicted molar refractivity (Wildman–Crippen MR) is 54.2 cm³/mol. The Bertz CT molecular complexity index is 166. The summed E-state index contributed by atoms with van der Waals surface area (Å²) in [6.45, 7) is 4.40. The Labute approximate surface area is 85.5 Å². The third-order valence-electron chi connectivity index (χ3n) is 2.58. The van der Waals surface area contributed by atoms with Crippen LogP contribution in [-0.2, 0) is 4.74 Å². The Morgan fingerprint density at radius 2 is 2.14 bits per heavy atom. The summed E-state index contributed by atoms with van der Waals surface area (Å²) in [6.07, 6.45) is 1.42. The van der Waals surface area contributed by atoms with E-state index in [1.54, 1.807) is 7.11 Å². The van der Waals surface area contributed by atoms with Gasteiger partial charge in [-0.05, 0) is 6.42 Å². The molecule has 1 saturated heterocycles. The molecule has 1 aliphatic rings. The first kappa shape index (κ1) is 11.9. The number of rotatable bonds is 6. The highest BCUT2D eigenvalue weighted by Gasteiger charge is 2.40. The maximum atomic E-state index is 9.87. The zero-order valence-corrected chi connectivity index (χ0v) is 9.07. The molecule has 14 heavy (non-hydrogen) atoms. The molecule has 0 spiro atoms. The molecule has 0 aromatic rings. The van der Waals surface area contributed by atoms with Crippen molar-refractivity contribution in [1.29, 1.82) is 0 Å². The molecule has 0 aromatic heterocycles. The van der Waals surface area contributed by atoms with Crippen LogP contribution in [-0.4, -0.2) is 60.2 Å². The van der Waals surface area contributed by atoms with E-state index < -0.39 is 11.7 Å². The first-order chi connectivity index (χ1) is 6.59. The molecule has 4 heteroatoms. The van der Waals surface area contributed by atoms with Crippen molar-refractivity contribution >= 4 is 0 Å². The molecular weight excluding hydrogens is 182 g/mol. The van der Waals surface area contributed by atoms with Crippen LogP contribution in [0, 0.1) is 0 Å². The maximum absolute atomic E-state index is 9.87. The van der Waals surface area contributed by atoms with E-state index in [1.807, 2.05) is 0 Å². The van der Waals surface area contributed by atoms with Crippen molar-refractivity contribution in [3.63, 3.8) is 0 Å². The molecule has 0 amide bonds. The van der Waals surface area contributed by atoms with Crippen molar-refractivity contribution in [3.05, 3.63) is 0 Å². The molecular formula is C10H21NO3. The van der Waals surface area contributed by atoms with Crippen molar-refractivity contribution in [2.45, 2.75) is 31.5 Å². The molecule has 1 heterocycles. The fraction of sp³-hybridized carbons (Fsp3) is 1.00. The van der Waals surface area contributed by atoms with Crippen LogP contribution in [0.1, 0.15) is 19.8 Å². The third kappa shape index (κ3) is 3.20. The van der Waals surface area contributed by atoms with Gasteiger partial charge in [-0.1, -0.05) is 13.3 Å². The molecule has 84 valence electrons. The van der Waals surface area contributed by atoms with Gasteiger partial charge >= 0.3 is 0 Å². The normalized spacial score (nSPS) is 23.1. The van der Waals surface area contributed by atoms with Crippen molar-refractivity contribution in [3.8, 4) is 0 Å². The fourth-order valence-electron chi connectivity index (χ4n) is 2.08. The van der Waals surface area contributed by atoms with Crippen LogP contribution in [0.4, 0.5) is 0 Å². The summed E-state index contributed by atoms with van der Waals surface area (Å²) in [5.41, 5.74) is -0.498. The monoisotopic (exact) mass is 203 g/mol. The van der Waals surface area contributed by atoms with Crippen LogP contribution in [0.25, 0.3) is 0 Å². The first-order valence-electron chi connectivity index (χ1n) is 5.21. The topological polar surface area (TPSA) is 52.9 Å². The first-order valence-corrected chi connectivity index (χ1v) is 5.21. The van der Waals surface area contributed by atoms with Crippen molar-refractivity contribution in [2.24, 2.45) is 0 Å². The Balaban J connectivity index is 2.14. The van der Waals surface area contributed by atoms with E-state index in [9.17, 15) is 10.2 Å². The van der Waals surface area contributed by atoms with Crippen LogP contribution in [0.5, 0.6) is 0 Å². The number of β-amino-alcohol motifs (C(OH)–C–C–N with tert-alkyl or cyclic N) is 2. The summed E-state index contributed by atoms with van der Waals surface area (Å²) in [4.78, 5) is 2.05. The molecule has 0 bridgehead atoms. The van der Waals surface area contributed by atoms with E-state index in [1.165, 1.54) is 0 Å². The minimum atomic E-state index is -0.498. The number of methoxy groups -OCH3 is 1. The quantitative estimate of drug-likeness (QED) is 0.630. The average Bonchev–Trinajstić information content (AvgIpc) is 2.02. The smallest absolute Gasteiger partial charge is 0.0900 e. The van der Waals surface area contributed by atoms with Crippen LogP contribution < -0.4 is 0 Å². The lowest BCUT2D eigenvalue weighted by molar-refractivity contribution is -0.116. The number of hydrogen-bond acceptors (Lipinski definition) is 4. The third-order valence-corrected chi connectivity index (χ3v) is 2.58. The van der Waals surface area contributed by atoms with E-state index in [0.29, 0.717) is 26.2 Å². The van der Waals surface area contributed by atoms with Gasteiger partial charge in [0.1, 0.15) is 0 Å². The number of likely N-dealkylation sites (tertiary alicyclic amines) is 1. The van der Waals surface area contributed by atoms with Gasteiger partial charge in [-0.25, -0.2) is 0 Å². The van der Waals surface area contributed by atoms with Gasteiger partial charge in [0.15, 0.2) is 0 Å². The van der Waals surface area contributed by atoms with Gasteiger partial charge in [-0.2, -0.15) is 0 Å². The standard InChI is InChI=1S/C10H21NO3/c1-3-4-10(13)7-11(8-10)5-9(12)6-14-2/h9,12-13H,3-8H2,1-2H3. The maximum Gasteiger partial charge on any atom is 0.0900 e. The Kier molecular flexibility index (Phi) is 4.31. The molecule has 0 aromatic carbocycles. The van der Waals surface area contributed by atoms with Crippen molar-refractivity contribution in [2.75, 3.05) is 33.4 Å². The van der Waals surface area contributed by atoms with Gasteiger partial charge in [0.05, 0.1) is 18.3 Å². The Hall–Kier alpha value is -0.160. The zero-order chi connectivity index (χ0) is 10.6. The molecule has 1 fully saturated rings. The molecule has 0 aliphatic carbocycles. The number of aliphatic hydroxyl groups excluding tert-OH is 1. The van der Waals surface area contributed by atoms with E-state index in [4.69, 9.17) is 4.74 Å². The van der Waals surface area contributed by atoms with Crippen molar-refractivity contribution < 1.29 is 14.9 Å². The largest absolute Gasteiger partial charge is 0.389 e. The zero-order valence-electron chi connectivity index (χ0n) is 9.07. The molecule has 4 nitrogen and oxygen atoms in total. The van der Waals surface area contributed by atoms with Gasteiger partial charge in [-0.3, -0.25) is 4.90 Å². The summed E-state index contributed by atoms with van der Waals surface area (Å²) in [7, 11) is 1.58. The van der Waals surface area contributed by atoms with Crippen LogP contribution in [0.3, 0.4) is 0 Å². The van der Waals surface area contributed by atoms with Crippen LogP contribution in [0.2, 0.25) is 0 Å². The molecule has 2 N–H and O–H groups in total. The van der Waals surface area contributed by atoms with Crippen molar-refractivity contribution in [1.82, 2.24) is 4.90 Å². The van der Waals surface area contributed by atoms with E-state index in [0.717, 1.165) is 12.8 Å². The Morgan fingerprint density at radius 1 is 1.50 bits per heavy atom. The number of nitrogens with zero attached hydrogens (tertiary/aromatic N) is 1. The lowest BCUT2D eigenvalue weighted by Gasteiger charge is -2.47. The molecule has 1 unspecified atom stereocenters. The van der Waals surface area contributed by atoms with Crippen LogP contribution >= 0.6 is 0 Å². The predicted octanol–water partition coefficient (Wildman–Crippen LogP) is -0.160. The number of ether oxygens (including phenoxy) is 1. The second-order valence-corrected chi connectivity index (χ2v) is 4.25. The Morgan fingerprint density at radius 3 is 2.64 bits per heavy atom. The summed E-state index contributed by atoms with van der Waals surface area (Å²) in [6, 6.07) is 0. The van der Waals surface area contributed by atoms with Gasteiger partial charge in [0.25, 0.3) is 0 Å². The van der Waals surface area contributed by atoms with E-state index in [-0.39, 0.29) is 0 Å². The second-order valence-electron chi connectivity index (χ2n) is 4.25. The van der Waals surface area contributed by atoms with Gasteiger partial charge in [-0.15, -0.1) is 0 Å². The second kappa shape index (κ2) is 5.07. The number of hydrogen-bond donors (Lipinski definition) is 2. The summed E-state index contributed by atoms with van der Waals surface area (Å²) < 4.78 is 4.83. The molecule has 1 atom stereocenters. The average molecular weight is 203 g/mol. The van der Waals surface area contributed by atoms with Gasteiger partial charge < -0.3 is 14.9 Å². The van der Waals surface area contributed by atoms with E-state index >= 15 is 0 Å². The summed E-state index contributed by atoms with van der Waals surface area (Å²) in [5.74, 6) is 0. The SMILES string of the molecule is CCCC1(O)CN(CC(O)COC)C1. The minimum Gasteiger partial charge on any atom is -0.389 e. The molecule has 1 aliphatic heterocycles. The van der Waals surface area contributed by atoms with Gasteiger partial charge in [0, 0.05) is 26.7 Å². The van der Waals surface area contributed by atoms with Crippen LogP contribution in [0.15, 0.2) is 0 Å². The molecule has 0 radical (unpaired) electrons. The highest BCUT2D eigenvalue weighted by Crippen LogP contribution is 2.25. The summed E-state index contributed by atoms with van der Waals surface area (Å²) >= 11 is 0. The lowest BCUT2D eigenvalue weighted by atomic mass is 9.89. The summed E-state index contributed by atoms with van der Waals surface area (Å²) in [5, 5.41) is 19.3. The molecule has 1 rings (SSSR count). The highest BCUT2D eigenvalue weighted by molar-refractivity contribution is 4.95. The fourth-order valence-corrected chi connectivity index (χ4v) is 2.08. The van der Waals surface area contributed by atoms with Gasteiger partial charge in [0.2, 0.25) is 0 Å².